The molecular formula is C22H16BrNO2. The second kappa shape index (κ2) is 8.89. The maximum atomic E-state index is 5.77. The molecule has 0 aliphatic carbocycles. The third-order valence-electron chi connectivity index (χ3n) is 3.45. The molecule has 0 unspecified atom stereocenters. The number of hydrogen-bond acceptors (Lipinski definition) is 3. The van der Waals surface area contributed by atoms with Crippen molar-refractivity contribution in [3.8, 4) is 29.6 Å². The third kappa shape index (κ3) is 4.98. The number of para-hydroxylation sites is 1. The highest BCUT2D eigenvalue weighted by molar-refractivity contribution is 9.10. The highest BCUT2D eigenvalue weighted by Gasteiger charge is 2.01. The molecule has 0 spiro atoms. The Hall–Kier alpha value is -3.03. The Morgan fingerprint density at radius 3 is 2.38 bits per heavy atom. The zero-order valence-corrected chi connectivity index (χ0v) is 15.5. The van der Waals surface area contributed by atoms with Gasteiger partial charge >= 0.3 is 0 Å². The van der Waals surface area contributed by atoms with Crippen LogP contribution in [0.5, 0.6) is 17.2 Å². The molecule has 3 aromatic rings. The summed E-state index contributed by atoms with van der Waals surface area (Å²) in [6.07, 6.45) is 7.00. The van der Waals surface area contributed by atoms with Crippen molar-refractivity contribution in [1.82, 2.24) is 0 Å². The Morgan fingerprint density at radius 2 is 1.69 bits per heavy atom. The molecular weight excluding hydrogens is 390 g/mol. The zero-order valence-electron chi connectivity index (χ0n) is 13.9. The fourth-order valence-corrected chi connectivity index (χ4v) is 2.72. The van der Waals surface area contributed by atoms with Gasteiger partial charge in [-0.15, -0.1) is 6.42 Å². The number of halogens is 1. The summed E-state index contributed by atoms with van der Waals surface area (Å²) in [4.78, 5) is 4.48. The van der Waals surface area contributed by atoms with E-state index in [2.05, 4.69) is 26.8 Å². The molecule has 0 N–H and O–H groups in total. The van der Waals surface area contributed by atoms with Gasteiger partial charge in [0.2, 0.25) is 0 Å². The fourth-order valence-electron chi connectivity index (χ4n) is 2.21. The SMILES string of the molecule is C#CCOc1ccc(C=Nc2ccc(Oc3ccccc3)cc2)cc1Br. The van der Waals surface area contributed by atoms with Gasteiger partial charge in [-0.05, 0) is 76.1 Å². The van der Waals surface area contributed by atoms with Gasteiger partial charge in [0.1, 0.15) is 23.9 Å². The summed E-state index contributed by atoms with van der Waals surface area (Å²) in [5.41, 5.74) is 1.80. The van der Waals surface area contributed by atoms with Crippen molar-refractivity contribution in [2.75, 3.05) is 6.61 Å². The van der Waals surface area contributed by atoms with Crippen LogP contribution in [0.15, 0.2) is 82.3 Å². The lowest BCUT2D eigenvalue weighted by Crippen LogP contribution is -1.94. The zero-order chi connectivity index (χ0) is 18.2. The molecule has 3 nitrogen and oxygen atoms in total. The average molecular weight is 406 g/mol. The summed E-state index contributed by atoms with van der Waals surface area (Å²) in [6, 6.07) is 23.0. The molecule has 0 bridgehead atoms. The first-order valence-electron chi connectivity index (χ1n) is 7.97. The normalized spacial score (nSPS) is 10.5. The summed E-state index contributed by atoms with van der Waals surface area (Å²) in [5, 5.41) is 0. The second-order valence-electron chi connectivity index (χ2n) is 5.35. The Balaban J connectivity index is 1.65. The fraction of sp³-hybridized carbons (Fsp3) is 0.0455. The second-order valence-corrected chi connectivity index (χ2v) is 6.20. The summed E-state index contributed by atoms with van der Waals surface area (Å²) in [6.45, 7) is 0.240. The Kier molecular flexibility index (Phi) is 6.08. The molecule has 0 fully saturated rings. The van der Waals surface area contributed by atoms with Crippen molar-refractivity contribution in [3.63, 3.8) is 0 Å². The largest absolute Gasteiger partial charge is 0.480 e. The topological polar surface area (TPSA) is 30.8 Å². The minimum Gasteiger partial charge on any atom is -0.480 e. The number of terminal acetylenes is 1. The molecule has 0 atom stereocenters. The third-order valence-corrected chi connectivity index (χ3v) is 4.06. The summed E-state index contributed by atoms with van der Waals surface area (Å²) in [5.74, 6) is 4.73. The van der Waals surface area contributed by atoms with E-state index in [1.807, 2.05) is 72.8 Å². The lowest BCUT2D eigenvalue weighted by atomic mass is 10.2. The quantitative estimate of drug-likeness (QED) is 0.371. The lowest BCUT2D eigenvalue weighted by Gasteiger charge is -2.06. The van der Waals surface area contributed by atoms with Crippen molar-refractivity contribution >= 4 is 27.8 Å². The number of ether oxygens (including phenoxy) is 2. The minimum atomic E-state index is 0.240. The van der Waals surface area contributed by atoms with E-state index in [-0.39, 0.29) is 6.61 Å². The van der Waals surface area contributed by atoms with E-state index in [4.69, 9.17) is 15.9 Å². The Morgan fingerprint density at radius 1 is 0.962 bits per heavy atom. The predicted octanol–water partition coefficient (Wildman–Crippen LogP) is 6.00. The first-order valence-corrected chi connectivity index (χ1v) is 8.77. The van der Waals surface area contributed by atoms with Gasteiger partial charge in [-0.2, -0.15) is 0 Å². The van der Waals surface area contributed by atoms with Crippen molar-refractivity contribution in [2.45, 2.75) is 0 Å². The number of rotatable bonds is 6. The standard InChI is InChI=1S/C22H16BrNO2/c1-2-14-25-22-13-8-17(15-21(22)23)16-24-18-9-11-20(12-10-18)26-19-6-4-3-5-7-19/h1,3-13,15-16H,14H2. The molecule has 0 aromatic heterocycles. The Bertz CT molecular complexity index is 929. The van der Waals surface area contributed by atoms with Crippen LogP contribution in [-0.2, 0) is 0 Å². The van der Waals surface area contributed by atoms with Gasteiger partial charge in [0.25, 0.3) is 0 Å². The lowest BCUT2D eigenvalue weighted by molar-refractivity contribution is 0.368. The first kappa shape index (κ1) is 17.8. The minimum absolute atomic E-state index is 0.240. The van der Waals surface area contributed by atoms with Crippen LogP contribution < -0.4 is 9.47 Å². The van der Waals surface area contributed by atoms with E-state index < -0.39 is 0 Å². The number of aliphatic imine (C=N–C) groups is 1. The van der Waals surface area contributed by atoms with Crippen LogP contribution in [0.2, 0.25) is 0 Å². The maximum Gasteiger partial charge on any atom is 0.148 e. The van der Waals surface area contributed by atoms with Gasteiger partial charge in [0.05, 0.1) is 10.2 Å². The van der Waals surface area contributed by atoms with Gasteiger partial charge < -0.3 is 9.47 Å². The molecule has 0 saturated carbocycles. The van der Waals surface area contributed by atoms with Crippen LogP contribution in [0.4, 0.5) is 5.69 Å². The van der Waals surface area contributed by atoms with Gasteiger partial charge in [0.15, 0.2) is 0 Å². The van der Waals surface area contributed by atoms with E-state index in [1.165, 1.54) is 0 Å². The molecule has 0 radical (unpaired) electrons. The average Bonchev–Trinajstić information content (AvgIpc) is 2.67. The van der Waals surface area contributed by atoms with Crippen molar-refractivity contribution in [2.24, 2.45) is 4.99 Å². The molecule has 0 aliphatic heterocycles. The van der Waals surface area contributed by atoms with Gasteiger partial charge in [-0.1, -0.05) is 24.1 Å². The molecule has 26 heavy (non-hydrogen) atoms. The number of nitrogens with zero attached hydrogens (tertiary/aromatic N) is 1. The van der Waals surface area contributed by atoms with Gasteiger partial charge in [0, 0.05) is 6.21 Å². The van der Waals surface area contributed by atoms with Gasteiger partial charge in [-0.3, -0.25) is 4.99 Å². The maximum absolute atomic E-state index is 5.77. The van der Waals surface area contributed by atoms with E-state index in [0.717, 1.165) is 27.2 Å². The van der Waals surface area contributed by atoms with Gasteiger partial charge in [-0.25, -0.2) is 0 Å². The van der Waals surface area contributed by atoms with E-state index in [0.29, 0.717) is 5.75 Å². The van der Waals surface area contributed by atoms with Crippen molar-refractivity contribution < 1.29 is 9.47 Å². The van der Waals surface area contributed by atoms with E-state index in [1.54, 1.807) is 6.21 Å². The summed E-state index contributed by atoms with van der Waals surface area (Å²) >= 11 is 3.47. The highest BCUT2D eigenvalue weighted by Crippen LogP contribution is 2.26. The summed E-state index contributed by atoms with van der Waals surface area (Å²) in [7, 11) is 0. The molecule has 0 aliphatic rings. The van der Waals surface area contributed by atoms with E-state index >= 15 is 0 Å². The molecule has 0 heterocycles. The van der Waals surface area contributed by atoms with Crippen LogP contribution >= 0.6 is 15.9 Å². The van der Waals surface area contributed by atoms with E-state index in [9.17, 15) is 0 Å². The van der Waals surface area contributed by atoms with Crippen LogP contribution in [-0.4, -0.2) is 12.8 Å². The highest BCUT2D eigenvalue weighted by atomic mass is 79.9. The molecule has 3 rings (SSSR count). The molecule has 128 valence electrons. The van der Waals surface area contributed by atoms with Crippen molar-refractivity contribution in [3.05, 3.63) is 82.8 Å². The first-order chi connectivity index (χ1) is 12.7. The number of benzene rings is 3. The smallest absolute Gasteiger partial charge is 0.148 e. The molecule has 0 amide bonds. The molecule has 4 heteroatoms. The molecule has 3 aromatic carbocycles. The van der Waals surface area contributed by atoms with Crippen LogP contribution in [0, 0.1) is 12.3 Å². The number of hydrogen-bond donors (Lipinski definition) is 0. The Labute approximate surface area is 161 Å². The van der Waals surface area contributed by atoms with Crippen LogP contribution in [0.3, 0.4) is 0 Å². The summed E-state index contributed by atoms with van der Waals surface area (Å²) < 4.78 is 12.0. The molecule has 0 saturated heterocycles. The van der Waals surface area contributed by atoms with Crippen LogP contribution in [0.25, 0.3) is 0 Å². The van der Waals surface area contributed by atoms with Crippen LogP contribution in [0.1, 0.15) is 5.56 Å². The van der Waals surface area contributed by atoms with Crippen molar-refractivity contribution in [1.29, 1.82) is 0 Å². The monoisotopic (exact) mass is 405 g/mol. The predicted molar refractivity (Wildman–Crippen MR) is 109 cm³/mol.